The van der Waals surface area contributed by atoms with Crippen LogP contribution in [0.25, 0.3) is 10.9 Å². The van der Waals surface area contributed by atoms with Gasteiger partial charge < -0.3 is 19.8 Å². The van der Waals surface area contributed by atoms with E-state index in [1.54, 1.807) is 17.8 Å². The van der Waals surface area contributed by atoms with Gasteiger partial charge in [0.1, 0.15) is 28.2 Å². The predicted molar refractivity (Wildman–Crippen MR) is 99.1 cm³/mol. The molecule has 0 aliphatic carbocycles. The molecule has 1 atom stereocenters. The molecule has 1 unspecified atom stereocenters. The van der Waals surface area contributed by atoms with E-state index in [0.717, 1.165) is 39.0 Å². The maximum atomic E-state index is 14.4. The van der Waals surface area contributed by atoms with Crippen LogP contribution in [0.3, 0.4) is 0 Å². The number of benzene rings is 1. The molecule has 1 aromatic heterocycles. The van der Waals surface area contributed by atoms with Crippen molar-refractivity contribution in [2.75, 3.05) is 26.3 Å². The molecule has 2 aliphatic rings. The summed E-state index contributed by atoms with van der Waals surface area (Å²) in [5.41, 5.74) is 0.0362. The number of hydrogen-bond donors (Lipinski definition) is 2. The third-order valence-corrected chi connectivity index (χ3v) is 5.97. The van der Waals surface area contributed by atoms with Gasteiger partial charge in [-0.1, -0.05) is 0 Å². The molecule has 6 nitrogen and oxygen atoms in total. The highest BCUT2D eigenvalue weighted by Gasteiger charge is 2.20. The largest absolute Gasteiger partial charge is 0.493 e. The van der Waals surface area contributed by atoms with Crippen molar-refractivity contribution >= 4 is 22.7 Å². The normalized spacial score (nSPS) is 20.9. The Hall–Kier alpha value is -1.64. The number of hydrogen-bond acceptors (Lipinski definition) is 6. The zero-order valence-corrected chi connectivity index (χ0v) is 15.2. The Kier molecular flexibility index (Phi) is 5.42. The van der Waals surface area contributed by atoms with Gasteiger partial charge in [-0.2, -0.15) is 0 Å². The second kappa shape index (κ2) is 7.94. The van der Waals surface area contributed by atoms with E-state index in [4.69, 9.17) is 9.47 Å². The fraction of sp³-hybridized carbons (Fsp3) is 0.556. The fourth-order valence-corrected chi connectivity index (χ4v) is 4.12. The summed E-state index contributed by atoms with van der Waals surface area (Å²) in [5, 5.41) is 3.29. The number of piperidine rings is 1. The fourth-order valence-electron chi connectivity index (χ4n) is 3.18. The lowest BCUT2D eigenvalue weighted by Gasteiger charge is -2.25. The first kappa shape index (κ1) is 17.8. The second-order valence-corrected chi connectivity index (χ2v) is 7.86. The summed E-state index contributed by atoms with van der Waals surface area (Å²) in [6.07, 6.45) is 3.11. The summed E-state index contributed by atoms with van der Waals surface area (Å²) in [7, 11) is 0. The maximum Gasteiger partial charge on any atom is 0.261 e. The SMILES string of the molecule is O=c1[nH]c(CSC2CCO2)nc2cc(OCC3CCNCC3)cc(F)c12. The highest BCUT2D eigenvalue weighted by atomic mass is 32.2. The Labute approximate surface area is 154 Å². The molecule has 140 valence electrons. The minimum Gasteiger partial charge on any atom is -0.493 e. The predicted octanol–water partition coefficient (Wildman–Crippen LogP) is 2.42. The average Bonchev–Trinajstić information content (AvgIpc) is 2.59. The summed E-state index contributed by atoms with van der Waals surface area (Å²) in [5.74, 6) is 1.34. The van der Waals surface area contributed by atoms with Gasteiger partial charge in [-0.15, -0.1) is 11.8 Å². The number of aromatic nitrogens is 2. The molecule has 0 spiro atoms. The van der Waals surface area contributed by atoms with Gasteiger partial charge in [-0.25, -0.2) is 9.37 Å². The molecule has 2 aromatic rings. The lowest BCUT2D eigenvalue weighted by molar-refractivity contribution is 0.00973. The van der Waals surface area contributed by atoms with Crippen LogP contribution >= 0.6 is 11.8 Å². The summed E-state index contributed by atoms with van der Waals surface area (Å²) in [4.78, 5) is 19.3. The Balaban J connectivity index is 1.51. The van der Waals surface area contributed by atoms with Crippen LogP contribution in [0.2, 0.25) is 0 Å². The number of H-pyrrole nitrogens is 1. The van der Waals surface area contributed by atoms with Crippen LogP contribution in [0.1, 0.15) is 25.1 Å². The molecule has 0 amide bonds. The van der Waals surface area contributed by atoms with Gasteiger partial charge in [0.05, 0.1) is 24.5 Å². The molecule has 0 saturated carbocycles. The van der Waals surface area contributed by atoms with Crippen LogP contribution in [0.4, 0.5) is 4.39 Å². The highest BCUT2D eigenvalue weighted by Crippen LogP contribution is 2.27. The van der Waals surface area contributed by atoms with Crippen LogP contribution in [-0.4, -0.2) is 41.7 Å². The maximum absolute atomic E-state index is 14.4. The third kappa shape index (κ3) is 4.02. The van der Waals surface area contributed by atoms with Crippen LogP contribution in [0.5, 0.6) is 5.75 Å². The van der Waals surface area contributed by atoms with Gasteiger partial charge in [0.15, 0.2) is 0 Å². The van der Waals surface area contributed by atoms with E-state index in [0.29, 0.717) is 35.4 Å². The van der Waals surface area contributed by atoms with E-state index in [1.807, 2.05) is 0 Å². The van der Waals surface area contributed by atoms with Crippen LogP contribution in [0, 0.1) is 11.7 Å². The van der Waals surface area contributed by atoms with Crippen molar-refractivity contribution in [2.45, 2.75) is 30.5 Å². The van der Waals surface area contributed by atoms with Crippen molar-refractivity contribution < 1.29 is 13.9 Å². The molecule has 3 heterocycles. The Morgan fingerprint density at radius 1 is 1.31 bits per heavy atom. The number of fused-ring (bicyclic) bond motifs is 1. The molecule has 2 N–H and O–H groups in total. The van der Waals surface area contributed by atoms with Crippen molar-refractivity contribution in [2.24, 2.45) is 5.92 Å². The van der Waals surface area contributed by atoms with Crippen LogP contribution in [-0.2, 0) is 10.5 Å². The van der Waals surface area contributed by atoms with Crippen molar-refractivity contribution in [1.29, 1.82) is 0 Å². The first-order valence-electron chi connectivity index (χ1n) is 8.98. The number of thioether (sulfide) groups is 1. The lowest BCUT2D eigenvalue weighted by atomic mass is 9.99. The minimum atomic E-state index is -0.599. The van der Waals surface area contributed by atoms with E-state index >= 15 is 0 Å². The quantitative estimate of drug-likeness (QED) is 0.803. The molecule has 2 fully saturated rings. The number of nitrogens with zero attached hydrogens (tertiary/aromatic N) is 1. The monoisotopic (exact) mass is 379 g/mol. The molecular formula is C18H22FN3O3S. The Morgan fingerprint density at radius 2 is 2.12 bits per heavy atom. The second-order valence-electron chi connectivity index (χ2n) is 6.72. The Bertz CT molecular complexity index is 834. The van der Waals surface area contributed by atoms with Gasteiger partial charge in [0, 0.05) is 18.6 Å². The number of aromatic amines is 1. The first-order valence-corrected chi connectivity index (χ1v) is 10.0. The van der Waals surface area contributed by atoms with Gasteiger partial charge in [-0.3, -0.25) is 4.79 Å². The van der Waals surface area contributed by atoms with Crippen LogP contribution < -0.4 is 15.6 Å². The molecule has 0 bridgehead atoms. The summed E-state index contributed by atoms with van der Waals surface area (Å²) in [6.45, 7) is 3.31. The topological polar surface area (TPSA) is 76.2 Å². The van der Waals surface area contributed by atoms with E-state index in [2.05, 4.69) is 15.3 Å². The summed E-state index contributed by atoms with van der Waals surface area (Å²) < 4.78 is 25.6. The molecule has 2 aliphatic heterocycles. The van der Waals surface area contributed by atoms with E-state index < -0.39 is 11.4 Å². The standard InChI is InChI=1S/C18H22FN3O3S/c19-13-7-12(25-9-11-1-4-20-5-2-11)8-14-17(13)18(23)22-15(21-14)10-26-16-3-6-24-16/h7-8,11,16,20H,1-6,9-10H2,(H,21,22,23). The zero-order chi connectivity index (χ0) is 17.9. The molecule has 8 heteroatoms. The van der Waals surface area contributed by atoms with Gasteiger partial charge in [-0.05, 0) is 31.8 Å². The van der Waals surface area contributed by atoms with Crippen LogP contribution in [0.15, 0.2) is 16.9 Å². The third-order valence-electron chi connectivity index (χ3n) is 4.79. The molecule has 2 saturated heterocycles. The first-order chi connectivity index (χ1) is 12.7. The van der Waals surface area contributed by atoms with Crippen molar-refractivity contribution in [3.05, 3.63) is 34.1 Å². The van der Waals surface area contributed by atoms with Crippen molar-refractivity contribution in [3.8, 4) is 5.75 Å². The molecule has 26 heavy (non-hydrogen) atoms. The van der Waals surface area contributed by atoms with E-state index in [1.165, 1.54) is 6.07 Å². The zero-order valence-electron chi connectivity index (χ0n) is 14.4. The Morgan fingerprint density at radius 3 is 2.85 bits per heavy atom. The smallest absolute Gasteiger partial charge is 0.261 e. The number of halogens is 1. The van der Waals surface area contributed by atoms with E-state index in [9.17, 15) is 9.18 Å². The molecular weight excluding hydrogens is 357 g/mol. The average molecular weight is 379 g/mol. The highest BCUT2D eigenvalue weighted by molar-refractivity contribution is 7.99. The summed E-state index contributed by atoms with van der Waals surface area (Å²) >= 11 is 1.59. The lowest BCUT2D eigenvalue weighted by Crippen LogP contribution is -2.30. The molecule has 1 aromatic carbocycles. The van der Waals surface area contributed by atoms with Gasteiger partial charge >= 0.3 is 0 Å². The minimum absolute atomic E-state index is 0.0205. The number of nitrogens with one attached hydrogen (secondary N) is 2. The van der Waals surface area contributed by atoms with Crippen molar-refractivity contribution in [3.63, 3.8) is 0 Å². The molecule has 4 rings (SSSR count). The number of ether oxygens (including phenoxy) is 2. The van der Waals surface area contributed by atoms with Gasteiger partial charge in [0.2, 0.25) is 0 Å². The summed E-state index contributed by atoms with van der Waals surface area (Å²) in [6, 6.07) is 2.93. The van der Waals surface area contributed by atoms with Crippen molar-refractivity contribution in [1.82, 2.24) is 15.3 Å². The number of rotatable bonds is 6. The van der Waals surface area contributed by atoms with Gasteiger partial charge in [0.25, 0.3) is 5.56 Å². The van der Waals surface area contributed by atoms with E-state index in [-0.39, 0.29) is 10.8 Å². The molecule has 0 radical (unpaired) electrons.